The molecule has 0 aliphatic carbocycles. The molecule has 0 bridgehead atoms. The van der Waals surface area contributed by atoms with Crippen molar-refractivity contribution in [3.63, 3.8) is 0 Å². The second kappa shape index (κ2) is 8.60. The summed E-state index contributed by atoms with van der Waals surface area (Å²) in [6.45, 7) is 11.9. The van der Waals surface area contributed by atoms with Crippen molar-refractivity contribution in [2.24, 2.45) is 5.92 Å². The Hall–Kier alpha value is -0.700. The van der Waals surface area contributed by atoms with Gasteiger partial charge < -0.3 is 4.74 Å². The molecule has 0 N–H and O–H groups in total. The molecule has 0 radical (unpaired) electrons. The summed E-state index contributed by atoms with van der Waals surface area (Å²) in [5.41, 5.74) is 1.01. The molecule has 0 aliphatic rings. The van der Waals surface area contributed by atoms with Crippen LogP contribution in [0, 0.1) is 5.92 Å². The summed E-state index contributed by atoms with van der Waals surface area (Å²) in [6.07, 6.45) is 2.25. The Morgan fingerprint density at radius 2 is 2.20 bits per heavy atom. The monoisotopic (exact) mass is 228 g/mol. The van der Waals surface area contributed by atoms with Crippen molar-refractivity contribution in [1.82, 2.24) is 0 Å². The van der Waals surface area contributed by atoms with Crippen LogP contribution in [-0.4, -0.2) is 24.1 Å². The zero-order chi connectivity index (χ0) is 11.7. The molecule has 0 fully saturated rings. The molecule has 0 rings (SSSR count). The van der Waals surface area contributed by atoms with Crippen molar-refractivity contribution >= 4 is 17.7 Å². The molecule has 2 nitrogen and oxygen atoms in total. The summed E-state index contributed by atoms with van der Waals surface area (Å²) in [6, 6.07) is 0. The first-order chi connectivity index (χ1) is 7.06. The van der Waals surface area contributed by atoms with Crippen LogP contribution in [0.4, 0.5) is 0 Å². The topological polar surface area (TPSA) is 26.3 Å². The molecule has 0 unspecified atom stereocenters. The molecule has 0 aliphatic heterocycles. The van der Waals surface area contributed by atoms with Crippen molar-refractivity contribution in [3.05, 3.63) is 24.8 Å². The van der Waals surface area contributed by atoms with Gasteiger partial charge in [0.25, 0.3) is 0 Å². The summed E-state index contributed by atoms with van der Waals surface area (Å²) in [4.78, 5) is 11.1. The van der Waals surface area contributed by atoms with E-state index >= 15 is 0 Å². The van der Waals surface area contributed by atoms with Crippen molar-refractivity contribution in [2.45, 2.75) is 20.3 Å². The number of hydrogen-bond donors (Lipinski definition) is 0. The maximum atomic E-state index is 11.1. The number of ether oxygens (including phenoxy) is 1. The van der Waals surface area contributed by atoms with E-state index in [2.05, 4.69) is 13.2 Å². The minimum absolute atomic E-state index is 0.104. The zero-order valence-corrected chi connectivity index (χ0v) is 10.4. The Morgan fingerprint density at radius 3 is 2.73 bits per heavy atom. The minimum Gasteiger partial charge on any atom is -0.465 e. The van der Waals surface area contributed by atoms with Gasteiger partial charge in [-0.05, 0) is 11.5 Å². The van der Waals surface area contributed by atoms with Crippen LogP contribution in [0.3, 0.4) is 0 Å². The van der Waals surface area contributed by atoms with Gasteiger partial charge in [-0.25, -0.2) is 0 Å². The number of thioether (sulfide) groups is 1. The fraction of sp³-hybridized carbons (Fsp3) is 0.583. The van der Waals surface area contributed by atoms with E-state index in [4.69, 9.17) is 4.74 Å². The zero-order valence-electron chi connectivity index (χ0n) is 9.62. The molecule has 3 heteroatoms. The number of carbonyl (C=O) groups excluding carboxylic acids is 1. The van der Waals surface area contributed by atoms with E-state index in [0.29, 0.717) is 18.9 Å². The number of esters is 1. The third-order valence-electron chi connectivity index (χ3n) is 1.64. The standard InChI is InChI=1S/C12H20O2S/c1-5-11(4)9-15-7-6-14-12(13)8-10(2)3/h5,10H,1,4,6-9H2,2-3H3. The quantitative estimate of drug-likeness (QED) is 0.363. The second-order valence-electron chi connectivity index (χ2n) is 3.73. The van der Waals surface area contributed by atoms with E-state index in [0.717, 1.165) is 17.1 Å². The summed E-state index contributed by atoms with van der Waals surface area (Å²) in [5.74, 6) is 1.93. The lowest BCUT2D eigenvalue weighted by atomic mass is 10.1. The molecule has 0 heterocycles. The predicted octanol–water partition coefficient (Wildman–Crippen LogP) is 3.05. The summed E-state index contributed by atoms with van der Waals surface area (Å²) >= 11 is 1.70. The molecule has 0 spiro atoms. The van der Waals surface area contributed by atoms with Gasteiger partial charge in [0.05, 0.1) is 0 Å². The Balaban J connectivity index is 3.34. The number of carbonyl (C=O) groups is 1. The van der Waals surface area contributed by atoms with Gasteiger partial charge in [-0.15, -0.1) is 0 Å². The van der Waals surface area contributed by atoms with Gasteiger partial charge in [-0.3, -0.25) is 4.79 Å². The lowest BCUT2D eigenvalue weighted by Crippen LogP contribution is -2.10. The van der Waals surface area contributed by atoms with Crippen LogP contribution >= 0.6 is 11.8 Å². The van der Waals surface area contributed by atoms with E-state index in [1.54, 1.807) is 17.8 Å². The van der Waals surface area contributed by atoms with E-state index in [9.17, 15) is 4.79 Å². The Labute approximate surface area is 96.8 Å². The summed E-state index contributed by atoms with van der Waals surface area (Å²) < 4.78 is 5.05. The van der Waals surface area contributed by atoms with Crippen molar-refractivity contribution in [2.75, 3.05) is 18.1 Å². The van der Waals surface area contributed by atoms with Crippen LogP contribution in [-0.2, 0) is 9.53 Å². The highest BCUT2D eigenvalue weighted by Gasteiger charge is 2.05. The van der Waals surface area contributed by atoms with Crippen LogP contribution in [0.2, 0.25) is 0 Å². The van der Waals surface area contributed by atoms with Gasteiger partial charge >= 0.3 is 5.97 Å². The van der Waals surface area contributed by atoms with Crippen molar-refractivity contribution in [3.8, 4) is 0 Å². The van der Waals surface area contributed by atoms with Gasteiger partial charge in [-0.1, -0.05) is 33.1 Å². The first-order valence-electron chi connectivity index (χ1n) is 5.09. The maximum Gasteiger partial charge on any atom is 0.306 e. The van der Waals surface area contributed by atoms with E-state index in [-0.39, 0.29) is 5.97 Å². The highest BCUT2D eigenvalue weighted by molar-refractivity contribution is 7.99. The SMILES string of the molecule is C=CC(=C)CSCCOC(=O)CC(C)C. The van der Waals surface area contributed by atoms with Gasteiger partial charge in [0.15, 0.2) is 0 Å². The van der Waals surface area contributed by atoms with E-state index < -0.39 is 0 Å². The van der Waals surface area contributed by atoms with E-state index in [1.807, 2.05) is 13.8 Å². The molecular weight excluding hydrogens is 208 g/mol. The Morgan fingerprint density at radius 1 is 1.53 bits per heavy atom. The Bertz CT molecular complexity index is 222. The molecule has 0 saturated heterocycles. The van der Waals surface area contributed by atoms with Crippen LogP contribution in [0.15, 0.2) is 24.8 Å². The van der Waals surface area contributed by atoms with Gasteiger partial charge in [-0.2, -0.15) is 11.8 Å². The van der Waals surface area contributed by atoms with Gasteiger partial charge in [0, 0.05) is 17.9 Å². The fourth-order valence-corrected chi connectivity index (χ4v) is 1.59. The van der Waals surface area contributed by atoms with Gasteiger partial charge in [0.2, 0.25) is 0 Å². The minimum atomic E-state index is -0.104. The van der Waals surface area contributed by atoms with Crippen LogP contribution < -0.4 is 0 Å². The highest BCUT2D eigenvalue weighted by Crippen LogP contribution is 2.07. The molecule has 86 valence electrons. The molecule has 15 heavy (non-hydrogen) atoms. The molecule has 0 aromatic heterocycles. The largest absolute Gasteiger partial charge is 0.465 e. The van der Waals surface area contributed by atoms with Gasteiger partial charge in [0.1, 0.15) is 6.61 Å². The molecule has 0 amide bonds. The predicted molar refractivity (Wildman–Crippen MR) is 67.1 cm³/mol. The normalized spacial score (nSPS) is 10.1. The third-order valence-corrected chi connectivity index (χ3v) is 2.67. The average molecular weight is 228 g/mol. The average Bonchev–Trinajstić information content (AvgIpc) is 2.15. The molecule has 0 aromatic rings. The van der Waals surface area contributed by atoms with Crippen molar-refractivity contribution in [1.29, 1.82) is 0 Å². The first-order valence-corrected chi connectivity index (χ1v) is 6.25. The smallest absolute Gasteiger partial charge is 0.306 e. The highest BCUT2D eigenvalue weighted by atomic mass is 32.2. The molecule has 0 atom stereocenters. The molecular formula is C12H20O2S. The molecule has 0 aromatic carbocycles. The lowest BCUT2D eigenvalue weighted by molar-refractivity contribution is -0.143. The number of allylic oxidation sites excluding steroid dienone is 1. The van der Waals surface area contributed by atoms with Crippen LogP contribution in [0.1, 0.15) is 20.3 Å². The molecule has 0 saturated carbocycles. The van der Waals surface area contributed by atoms with Crippen LogP contribution in [0.5, 0.6) is 0 Å². The third kappa shape index (κ3) is 9.60. The maximum absolute atomic E-state index is 11.1. The summed E-state index contributed by atoms with van der Waals surface area (Å²) in [7, 11) is 0. The first kappa shape index (κ1) is 14.3. The van der Waals surface area contributed by atoms with E-state index in [1.165, 1.54) is 0 Å². The number of hydrogen-bond acceptors (Lipinski definition) is 3. The summed E-state index contributed by atoms with van der Waals surface area (Å²) in [5, 5.41) is 0. The van der Waals surface area contributed by atoms with Crippen molar-refractivity contribution < 1.29 is 9.53 Å². The fourth-order valence-electron chi connectivity index (χ4n) is 0.869. The second-order valence-corrected chi connectivity index (χ2v) is 4.84. The van der Waals surface area contributed by atoms with Crippen LogP contribution in [0.25, 0.3) is 0 Å². The number of rotatable bonds is 8. The lowest BCUT2D eigenvalue weighted by Gasteiger charge is -2.06. The Kier molecular flexibility index (Phi) is 8.19.